The van der Waals surface area contributed by atoms with Crippen LogP contribution in [0.1, 0.15) is 18.5 Å². The molecule has 1 fully saturated rings. The topological polar surface area (TPSA) is 79.3 Å². The summed E-state index contributed by atoms with van der Waals surface area (Å²) >= 11 is 9.30. The maximum atomic E-state index is 12.4. The molecule has 132 valence electrons. The minimum absolute atomic E-state index is 0.0587. The van der Waals surface area contributed by atoms with E-state index >= 15 is 0 Å². The largest absolute Gasteiger partial charge is 0.480 e. The fourth-order valence-corrected chi connectivity index (χ4v) is 5.06. The number of rotatable bonds is 5. The highest BCUT2D eigenvalue weighted by Gasteiger charge is 2.41. The van der Waals surface area contributed by atoms with E-state index in [0.29, 0.717) is 23.6 Å². The predicted octanol–water partition coefficient (Wildman–Crippen LogP) is 3.47. The number of carbonyl (C=O) groups excluding carboxylic acids is 1. The maximum absolute atomic E-state index is 12.4. The van der Waals surface area contributed by atoms with Gasteiger partial charge in [-0.15, -0.1) is 11.3 Å². The number of nitrogens with zero attached hydrogens (tertiary/aromatic N) is 1. The summed E-state index contributed by atoms with van der Waals surface area (Å²) in [6.07, 6.45) is 0.949. The molecule has 0 radical (unpaired) electrons. The zero-order valence-electron chi connectivity index (χ0n) is 13.3. The monoisotopic (exact) mass is 396 g/mol. The van der Waals surface area contributed by atoms with E-state index in [1.165, 1.54) is 11.3 Å². The van der Waals surface area contributed by atoms with Crippen LogP contribution in [0.15, 0.2) is 29.6 Å². The molecular weight excluding hydrogens is 380 g/mol. The van der Waals surface area contributed by atoms with Crippen LogP contribution >= 0.6 is 34.7 Å². The van der Waals surface area contributed by atoms with Crippen LogP contribution in [-0.2, 0) is 16.0 Å². The number of carboxylic acid groups (broad SMARTS) is 1. The summed E-state index contributed by atoms with van der Waals surface area (Å²) in [5.41, 5.74) is 0.291. The Morgan fingerprint density at radius 1 is 1.28 bits per heavy atom. The zero-order chi connectivity index (χ0) is 17.9. The Kier molecular flexibility index (Phi) is 5.66. The molecule has 0 unspecified atom stereocenters. The molecule has 1 amide bonds. The number of thiazole rings is 1. The van der Waals surface area contributed by atoms with Crippen molar-refractivity contribution < 1.29 is 14.7 Å². The minimum atomic E-state index is -1.15. The van der Waals surface area contributed by atoms with E-state index in [1.807, 2.05) is 23.6 Å². The maximum Gasteiger partial charge on any atom is 0.329 e. The van der Waals surface area contributed by atoms with Gasteiger partial charge >= 0.3 is 5.97 Å². The van der Waals surface area contributed by atoms with Crippen LogP contribution in [0.3, 0.4) is 0 Å². The standard InChI is InChI=1S/C17H17ClN2O3S2/c18-13-4-2-1-3-12(13)15-19-11(10-25-15)9-14(21)20-17(16(22)23)5-7-24-8-6-17/h1-4,10H,5-9H2,(H,20,21)(H,22,23). The van der Waals surface area contributed by atoms with Crippen LogP contribution in [0, 0.1) is 0 Å². The molecule has 8 heteroatoms. The highest BCUT2D eigenvalue weighted by atomic mass is 35.5. The molecule has 1 aromatic heterocycles. The Morgan fingerprint density at radius 3 is 2.68 bits per heavy atom. The Balaban J connectivity index is 1.69. The molecule has 2 N–H and O–H groups in total. The Morgan fingerprint density at radius 2 is 2.00 bits per heavy atom. The first-order valence-corrected chi connectivity index (χ1v) is 10.2. The zero-order valence-corrected chi connectivity index (χ0v) is 15.7. The molecule has 0 atom stereocenters. The van der Waals surface area contributed by atoms with Gasteiger partial charge in [-0.3, -0.25) is 4.79 Å². The van der Waals surface area contributed by atoms with E-state index in [-0.39, 0.29) is 12.3 Å². The van der Waals surface area contributed by atoms with Crippen molar-refractivity contribution in [1.29, 1.82) is 0 Å². The van der Waals surface area contributed by atoms with E-state index in [0.717, 1.165) is 22.1 Å². The molecule has 0 bridgehead atoms. The fraction of sp³-hybridized carbons (Fsp3) is 0.353. The number of aliphatic carboxylic acids is 1. The smallest absolute Gasteiger partial charge is 0.329 e. The van der Waals surface area contributed by atoms with E-state index in [1.54, 1.807) is 17.8 Å². The number of hydrogen-bond donors (Lipinski definition) is 2. The van der Waals surface area contributed by atoms with Gasteiger partial charge in [0, 0.05) is 10.9 Å². The SMILES string of the molecule is O=C(Cc1csc(-c2ccccc2Cl)n1)NC1(C(=O)O)CCSCC1. The number of amides is 1. The molecule has 2 aromatic rings. The normalized spacial score (nSPS) is 16.4. The van der Waals surface area contributed by atoms with E-state index < -0.39 is 11.5 Å². The highest BCUT2D eigenvalue weighted by molar-refractivity contribution is 7.99. The number of nitrogens with one attached hydrogen (secondary N) is 1. The van der Waals surface area contributed by atoms with Gasteiger partial charge < -0.3 is 10.4 Å². The first-order chi connectivity index (χ1) is 12.0. The van der Waals surface area contributed by atoms with Crippen molar-refractivity contribution in [2.45, 2.75) is 24.8 Å². The molecule has 5 nitrogen and oxygen atoms in total. The highest BCUT2D eigenvalue weighted by Crippen LogP contribution is 2.31. The van der Waals surface area contributed by atoms with Crippen LogP contribution in [0.4, 0.5) is 0 Å². The lowest BCUT2D eigenvalue weighted by Gasteiger charge is -2.33. The van der Waals surface area contributed by atoms with Crippen LogP contribution in [0.5, 0.6) is 0 Å². The van der Waals surface area contributed by atoms with E-state index in [9.17, 15) is 14.7 Å². The molecule has 1 aromatic carbocycles. The van der Waals surface area contributed by atoms with Crippen LogP contribution in [0.2, 0.25) is 5.02 Å². The third kappa shape index (κ3) is 4.16. The van der Waals surface area contributed by atoms with Gasteiger partial charge in [-0.05, 0) is 30.4 Å². The lowest BCUT2D eigenvalue weighted by Crippen LogP contribution is -2.56. The first-order valence-electron chi connectivity index (χ1n) is 7.82. The summed E-state index contributed by atoms with van der Waals surface area (Å²) in [7, 11) is 0. The van der Waals surface area contributed by atoms with Crippen molar-refractivity contribution in [3.8, 4) is 10.6 Å². The van der Waals surface area contributed by atoms with Crippen LogP contribution in [-0.4, -0.2) is 39.0 Å². The number of halogens is 1. The number of aromatic nitrogens is 1. The molecule has 0 saturated carbocycles. The van der Waals surface area contributed by atoms with Crippen molar-refractivity contribution >= 4 is 46.6 Å². The average Bonchev–Trinajstić information content (AvgIpc) is 3.04. The lowest BCUT2D eigenvalue weighted by molar-refractivity contribution is -0.148. The van der Waals surface area contributed by atoms with E-state index in [2.05, 4.69) is 10.3 Å². The Labute approximate surface area is 158 Å². The number of carboxylic acids is 1. The molecule has 2 heterocycles. The predicted molar refractivity (Wildman–Crippen MR) is 101 cm³/mol. The van der Waals surface area contributed by atoms with Crippen molar-refractivity contribution in [3.63, 3.8) is 0 Å². The van der Waals surface area contributed by atoms with E-state index in [4.69, 9.17) is 11.6 Å². The third-order valence-electron chi connectivity index (χ3n) is 4.13. The van der Waals surface area contributed by atoms with Gasteiger partial charge in [-0.25, -0.2) is 9.78 Å². The molecule has 0 aliphatic carbocycles. The summed E-state index contributed by atoms with van der Waals surface area (Å²) in [5.74, 6) is 0.196. The van der Waals surface area contributed by atoms with Crippen molar-refractivity contribution in [2.24, 2.45) is 0 Å². The summed E-state index contributed by atoms with van der Waals surface area (Å²) in [6, 6.07) is 7.40. The summed E-state index contributed by atoms with van der Waals surface area (Å²) in [6.45, 7) is 0. The molecule has 1 aliphatic rings. The number of carbonyl (C=O) groups is 2. The second-order valence-electron chi connectivity index (χ2n) is 5.85. The van der Waals surface area contributed by atoms with Gasteiger partial charge in [0.05, 0.1) is 17.1 Å². The van der Waals surface area contributed by atoms with Gasteiger partial charge in [-0.1, -0.05) is 29.8 Å². The van der Waals surface area contributed by atoms with Crippen LogP contribution < -0.4 is 5.32 Å². The molecule has 25 heavy (non-hydrogen) atoms. The van der Waals surface area contributed by atoms with Crippen molar-refractivity contribution in [2.75, 3.05) is 11.5 Å². The van der Waals surface area contributed by atoms with Gasteiger partial charge in [-0.2, -0.15) is 11.8 Å². The number of thioether (sulfide) groups is 1. The molecule has 0 spiro atoms. The average molecular weight is 397 g/mol. The summed E-state index contributed by atoms with van der Waals surface area (Å²) in [5, 5.41) is 15.4. The van der Waals surface area contributed by atoms with Crippen molar-refractivity contribution in [3.05, 3.63) is 40.4 Å². The van der Waals surface area contributed by atoms with Crippen LogP contribution in [0.25, 0.3) is 10.6 Å². The third-order valence-corrected chi connectivity index (χ3v) is 6.37. The van der Waals surface area contributed by atoms with Crippen molar-refractivity contribution in [1.82, 2.24) is 10.3 Å². The minimum Gasteiger partial charge on any atom is -0.480 e. The molecule has 3 rings (SSSR count). The Hall–Kier alpha value is -1.57. The lowest BCUT2D eigenvalue weighted by atomic mass is 9.92. The molecule has 1 aliphatic heterocycles. The molecule has 1 saturated heterocycles. The quantitative estimate of drug-likeness (QED) is 0.808. The number of benzene rings is 1. The van der Waals surface area contributed by atoms with Gasteiger partial charge in [0.15, 0.2) is 0 Å². The van der Waals surface area contributed by atoms with Gasteiger partial charge in [0.2, 0.25) is 5.91 Å². The summed E-state index contributed by atoms with van der Waals surface area (Å²) in [4.78, 5) is 28.5. The number of hydrogen-bond acceptors (Lipinski definition) is 5. The molecular formula is C17H17ClN2O3S2. The second kappa shape index (κ2) is 7.76. The van der Waals surface area contributed by atoms with Gasteiger partial charge in [0.1, 0.15) is 10.5 Å². The Bertz CT molecular complexity index is 788. The summed E-state index contributed by atoms with van der Waals surface area (Å²) < 4.78 is 0. The van der Waals surface area contributed by atoms with Gasteiger partial charge in [0.25, 0.3) is 0 Å². The fourth-order valence-electron chi connectivity index (χ4n) is 2.73. The first kappa shape index (κ1) is 18.2. The second-order valence-corrected chi connectivity index (χ2v) is 8.34.